The van der Waals surface area contributed by atoms with Crippen molar-refractivity contribution in [2.75, 3.05) is 0 Å². The van der Waals surface area contributed by atoms with Crippen molar-refractivity contribution in [3.63, 3.8) is 0 Å². The van der Waals surface area contributed by atoms with Gasteiger partial charge in [-0.2, -0.15) is 5.10 Å². The Morgan fingerprint density at radius 3 is 3.00 bits per heavy atom. The molecule has 0 atom stereocenters. The van der Waals surface area contributed by atoms with Crippen molar-refractivity contribution in [1.82, 2.24) is 10.2 Å². The molecule has 0 aliphatic carbocycles. The van der Waals surface area contributed by atoms with Crippen molar-refractivity contribution in [1.29, 1.82) is 0 Å². The molecule has 74 valence electrons. The Morgan fingerprint density at radius 2 is 2.36 bits per heavy atom. The molecule has 0 aliphatic rings. The maximum absolute atomic E-state index is 4.11. The fraction of sp³-hybridized carbons (Fsp3) is 0.364. The van der Waals surface area contributed by atoms with Gasteiger partial charge in [-0.15, -0.1) is 11.3 Å². The van der Waals surface area contributed by atoms with Gasteiger partial charge in [-0.1, -0.05) is 19.9 Å². The summed E-state index contributed by atoms with van der Waals surface area (Å²) in [6.45, 7) is 4.45. The quantitative estimate of drug-likeness (QED) is 0.819. The number of H-pyrrole nitrogens is 1. The van der Waals surface area contributed by atoms with E-state index in [1.807, 2.05) is 6.20 Å². The SMILES string of the molecule is CC(C)Cc1cn[nH]c1-c1cccs1. The smallest absolute Gasteiger partial charge is 0.0781 e. The molecule has 14 heavy (non-hydrogen) atoms. The summed E-state index contributed by atoms with van der Waals surface area (Å²) in [5.74, 6) is 0.673. The minimum atomic E-state index is 0.673. The van der Waals surface area contributed by atoms with Gasteiger partial charge in [-0.25, -0.2) is 0 Å². The Morgan fingerprint density at radius 1 is 1.50 bits per heavy atom. The van der Waals surface area contributed by atoms with Crippen LogP contribution >= 0.6 is 11.3 Å². The Labute approximate surface area is 88.0 Å². The molecule has 0 aromatic carbocycles. The van der Waals surface area contributed by atoms with Gasteiger partial charge in [0.1, 0.15) is 0 Å². The molecule has 0 amide bonds. The average Bonchev–Trinajstić information content (AvgIpc) is 2.70. The normalized spacial score (nSPS) is 11.1. The molecule has 0 fully saturated rings. The van der Waals surface area contributed by atoms with Crippen LogP contribution in [-0.2, 0) is 6.42 Å². The first-order chi connectivity index (χ1) is 6.77. The number of nitrogens with zero attached hydrogens (tertiary/aromatic N) is 1. The van der Waals surface area contributed by atoms with Gasteiger partial charge in [-0.3, -0.25) is 5.10 Å². The van der Waals surface area contributed by atoms with Gasteiger partial charge in [0.05, 0.1) is 16.8 Å². The van der Waals surface area contributed by atoms with Crippen molar-refractivity contribution in [2.45, 2.75) is 20.3 Å². The third kappa shape index (κ3) is 1.87. The first kappa shape index (κ1) is 9.46. The summed E-state index contributed by atoms with van der Waals surface area (Å²) in [5.41, 5.74) is 2.51. The van der Waals surface area contributed by atoms with Crippen LogP contribution in [0.3, 0.4) is 0 Å². The van der Waals surface area contributed by atoms with Crippen LogP contribution in [0, 0.1) is 5.92 Å². The van der Waals surface area contributed by atoms with Crippen LogP contribution in [0.1, 0.15) is 19.4 Å². The van der Waals surface area contributed by atoms with Crippen molar-refractivity contribution in [3.05, 3.63) is 29.3 Å². The number of nitrogens with one attached hydrogen (secondary N) is 1. The number of rotatable bonds is 3. The molecule has 0 radical (unpaired) electrons. The highest BCUT2D eigenvalue weighted by molar-refractivity contribution is 7.13. The van der Waals surface area contributed by atoms with E-state index in [0.29, 0.717) is 5.92 Å². The molecule has 0 aliphatic heterocycles. The number of hydrogen-bond donors (Lipinski definition) is 1. The van der Waals surface area contributed by atoms with Crippen LogP contribution < -0.4 is 0 Å². The van der Waals surface area contributed by atoms with Gasteiger partial charge in [-0.05, 0) is 29.3 Å². The van der Waals surface area contributed by atoms with E-state index in [1.54, 1.807) is 11.3 Å². The highest BCUT2D eigenvalue weighted by Crippen LogP contribution is 2.27. The van der Waals surface area contributed by atoms with Gasteiger partial charge in [0.2, 0.25) is 0 Å². The second-order valence-electron chi connectivity index (χ2n) is 3.85. The van der Waals surface area contributed by atoms with Crippen molar-refractivity contribution < 1.29 is 0 Å². The summed E-state index contributed by atoms with van der Waals surface area (Å²) < 4.78 is 0. The summed E-state index contributed by atoms with van der Waals surface area (Å²) in [4.78, 5) is 1.28. The minimum absolute atomic E-state index is 0.673. The predicted octanol–water partition coefficient (Wildman–Crippen LogP) is 3.34. The molecular formula is C11H14N2S. The maximum atomic E-state index is 4.11. The van der Waals surface area contributed by atoms with E-state index in [1.165, 1.54) is 16.1 Å². The number of hydrogen-bond acceptors (Lipinski definition) is 2. The first-order valence-electron chi connectivity index (χ1n) is 4.83. The fourth-order valence-corrected chi connectivity index (χ4v) is 2.30. The fourth-order valence-electron chi connectivity index (χ4n) is 1.54. The van der Waals surface area contributed by atoms with E-state index in [-0.39, 0.29) is 0 Å². The average molecular weight is 206 g/mol. The Bertz CT molecular complexity index is 387. The topological polar surface area (TPSA) is 28.7 Å². The van der Waals surface area contributed by atoms with E-state index in [9.17, 15) is 0 Å². The lowest BCUT2D eigenvalue weighted by molar-refractivity contribution is 0.648. The zero-order valence-electron chi connectivity index (χ0n) is 8.45. The molecule has 2 heterocycles. The van der Waals surface area contributed by atoms with Crippen molar-refractivity contribution in [2.24, 2.45) is 5.92 Å². The van der Waals surface area contributed by atoms with Gasteiger partial charge in [0, 0.05) is 0 Å². The predicted molar refractivity (Wildman–Crippen MR) is 60.4 cm³/mol. The monoisotopic (exact) mass is 206 g/mol. The molecule has 0 unspecified atom stereocenters. The lowest BCUT2D eigenvalue weighted by atomic mass is 10.0. The van der Waals surface area contributed by atoms with Gasteiger partial charge >= 0.3 is 0 Å². The molecule has 1 N–H and O–H groups in total. The van der Waals surface area contributed by atoms with Gasteiger partial charge in [0.25, 0.3) is 0 Å². The summed E-state index contributed by atoms with van der Waals surface area (Å²) >= 11 is 1.75. The molecule has 0 spiro atoms. The van der Waals surface area contributed by atoms with E-state index >= 15 is 0 Å². The Balaban J connectivity index is 2.30. The number of aromatic amines is 1. The highest BCUT2D eigenvalue weighted by atomic mass is 32.1. The molecule has 2 aromatic heterocycles. The Hall–Kier alpha value is -1.09. The summed E-state index contributed by atoms with van der Waals surface area (Å²) in [6.07, 6.45) is 3.03. The van der Waals surface area contributed by atoms with E-state index in [4.69, 9.17) is 0 Å². The van der Waals surface area contributed by atoms with E-state index < -0.39 is 0 Å². The summed E-state index contributed by atoms with van der Waals surface area (Å²) in [5, 5.41) is 9.28. The molecular weight excluding hydrogens is 192 g/mol. The minimum Gasteiger partial charge on any atom is -0.277 e. The second-order valence-corrected chi connectivity index (χ2v) is 4.79. The van der Waals surface area contributed by atoms with Crippen molar-refractivity contribution in [3.8, 4) is 10.6 Å². The third-order valence-corrected chi connectivity index (χ3v) is 3.00. The third-order valence-electron chi connectivity index (χ3n) is 2.11. The standard InChI is InChI=1S/C11H14N2S/c1-8(2)6-9-7-12-13-11(9)10-4-3-5-14-10/h3-5,7-8H,6H2,1-2H3,(H,12,13). The Kier molecular flexibility index (Phi) is 2.68. The van der Waals surface area contributed by atoms with Crippen LogP contribution in [0.15, 0.2) is 23.7 Å². The molecule has 2 aromatic rings. The number of aromatic nitrogens is 2. The lowest BCUT2D eigenvalue weighted by Gasteiger charge is -2.03. The van der Waals surface area contributed by atoms with Crippen LogP contribution in [0.4, 0.5) is 0 Å². The molecule has 2 nitrogen and oxygen atoms in total. The molecule has 3 heteroatoms. The van der Waals surface area contributed by atoms with Crippen LogP contribution in [0.5, 0.6) is 0 Å². The molecule has 0 saturated heterocycles. The second kappa shape index (κ2) is 3.96. The number of thiophene rings is 1. The molecule has 2 rings (SSSR count). The molecule has 0 saturated carbocycles. The van der Waals surface area contributed by atoms with Gasteiger partial charge in [0.15, 0.2) is 0 Å². The van der Waals surface area contributed by atoms with Crippen molar-refractivity contribution >= 4 is 11.3 Å². The highest BCUT2D eigenvalue weighted by Gasteiger charge is 2.09. The van der Waals surface area contributed by atoms with Crippen LogP contribution in [0.2, 0.25) is 0 Å². The summed E-state index contributed by atoms with van der Waals surface area (Å²) in [6, 6.07) is 4.20. The van der Waals surface area contributed by atoms with E-state index in [2.05, 4.69) is 41.6 Å². The largest absolute Gasteiger partial charge is 0.277 e. The van der Waals surface area contributed by atoms with E-state index in [0.717, 1.165) is 6.42 Å². The zero-order valence-corrected chi connectivity index (χ0v) is 9.27. The molecule has 0 bridgehead atoms. The lowest BCUT2D eigenvalue weighted by Crippen LogP contribution is -1.93. The van der Waals surface area contributed by atoms with Gasteiger partial charge < -0.3 is 0 Å². The maximum Gasteiger partial charge on any atom is 0.0781 e. The van der Waals surface area contributed by atoms with Crippen LogP contribution in [0.25, 0.3) is 10.6 Å². The summed E-state index contributed by atoms with van der Waals surface area (Å²) in [7, 11) is 0. The zero-order chi connectivity index (χ0) is 9.97. The first-order valence-corrected chi connectivity index (χ1v) is 5.71. The van der Waals surface area contributed by atoms with Crippen LogP contribution in [-0.4, -0.2) is 10.2 Å².